The minimum Gasteiger partial charge on any atom is -0.444 e. The summed E-state index contributed by atoms with van der Waals surface area (Å²) in [7, 11) is 0. The lowest BCUT2D eigenvalue weighted by Crippen LogP contribution is -2.43. The Bertz CT molecular complexity index is 1250. The summed E-state index contributed by atoms with van der Waals surface area (Å²) in [5, 5.41) is 15.0. The Morgan fingerprint density at radius 3 is 2.32 bits per heavy atom. The number of amides is 1. The lowest BCUT2D eigenvalue weighted by Gasteiger charge is -2.29. The quantitative estimate of drug-likeness (QED) is 0.494. The van der Waals surface area contributed by atoms with Crippen molar-refractivity contribution in [2.24, 2.45) is 0 Å². The Hall–Kier alpha value is -4.06. The van der Waals surface area contributed by atoms with E-state index in [1.807, 2.05) is 32.0 Å². The van der Waals surface area contributed by atoms with Crippen LogP contribution in [0, 0.1) is 23.0 Å². The maximum atomic E-state index is 14.0. The van der Waals surface area contributed by atoms with E-state index in [2.05, 4.69) is 20.6 Å². The molecule has 176 valence electrons. The molecule has 0 saturated heterocycles. The number of rotatable bonds is 5. The molecule has 0 unspecified atom stereocenters. The summed E-state index contributed by atoms with van der Waals surface area (Å²) < 4.78 is 32.5. The van der Waals surface area contributed by atoms with Crippen LogP contribution in [-0.2, 0) is 10.3 Å². The molecule has 0 aliphatic heterocycles. The average Bonchev–Trinajstić information content (AvgIpc) is 2.74. The van der Waals surface area contributed by atoms with Crippen LogP contribution in [-0.4, -0.2) is 21.7 Å². The number of nitrogens with zero attached hydrogens (tertiary/aromatic N) is 3. The summed E-state index contributed by atoms with van der Waals surface area (Å²) in [6.45, 7) is 9.05. The number of hydrogen-bond donors (Lipinski definition) is 2. The Morgan fingerprint density at radius 2 is 1.74 bits per heavy atom. The SMILES string of the molecule is CC(C)(C)OC(=O)NC(C)(C)c1ccc(-c2nc(Nc3ccc(F)cc3F)ncc2C#N)cc1. The Labute approximate surface area is 196 Å². The van der Waals surface area contributed by atoms with Crippen molar-refractivity contribution in [1.82, 2.24) is 15.3 Å². The number of aromatic nitrogens is 2. The minimum absolute atomic E-state index is 0.00220. The van der Waals surface area contributed by atoms with Crippen molar-refractivity contribution >= 4 is 17.7 Å². The summed E-state index contributed by atoms with van der Waals surface area (Å²) in [5.74, 6) is -1.44. The molecular weight excluding hydrogens is 440 g/mol. The first-order valence-corrected chi connectivity index (χ1v) is 10.5. The van der Waals surface area contributed by atoms with Crippen LogP contribution < -0.4 is 10.6 Å². The molecule has 34 heavy (non-hydrogen) atoms. The molecule has 0 fully saturated rings. The van der Waals surface area contributed by atoms with Crippen molar-refractivity contribution in [1.29, 1.82) is 5.26 Å². The van der Waals surface area contributed by atoms with Crippen LogP contribution >= 0.6 is 0 Å². The third-order valence-electron chi connectivity index (χ3n) is 4.78. The molecule has 0 spiro atoms. The summed E-state index contributed by atoms with van der Waals surface area (Å²) >= 11 is 0. The molecule has 0 radical (unpaired) electrons. The van der Waals surface area contributed by atoms with Gasteiger partial charge in [-0.1, -0.05) is 24.3 Å². The number of ether oxygens (including phenoxy) is 1. The first-order valence-electron chi connectivity index (χ1n) is 10.5. The molecule has 3 rings (SSSR count). The zero-order valence-corrected chi connectivity index (χ0v) is 19.5. The van der Waals surface area contributed by atoms with Crippen LogP contribution in [0.5, 0.6) is 0 Å². The predicted octanol–water partition coefficient (Wildman–Crippen LogP) is 5.80. The number of benzene rings is 2. The van der Waals surface area contributed by atoms with Crippen molar-refractivity contribution in [2.75, 3.05) is 5.32 Å². The summed E-state index contributed by atoms with van der Waals surface area (Å²) in [5.41, 5.74) is 0.656. The van der Waals surface area contributed by atoms with Gasteiger partial charge in [-0.25, -0.2) is 23.5 Å². The van der Waals surface area contributed by atoms with Gasteiger partial charge in [-0.05, 0) is 52.3 Å². The fourth-order valence-corrected chi connectivity index (χ4v) is 3.13. The van der Waals surface area contributed by atoms with Crippen LogP contribution in [0.2, 0.25) is 0 Å². The Morgan fingerprint density at radius 1 is 1.06 bits per heavy atom. The van der Waals surface area contributed by atoms with Gasteiger partial charge in [0.25, 0.3) is 0 Å². The largest absolute Gasteiger partial charge is 0.444 e. The molecule has 7 nitrogen and oxygen atoms in total. The lowest BCUT2D eigenvalue weighted by atomic mass is 9.93. The van der Waals surface area contributed by atoms with Crippen LogP contribution in [0.3, 0.4) is 0 Å². The van der Waals surface area contributed by atoms with Gasteiger partial charge in [0, 0.05) is 11.6 Å². The normalized spacial score (nSPS) is 11.5. The molecule has 0 aliphatic carbocycles. The van der Waals surface area contributed by atoms with Gasteiger partial charge >= 0.3 is 6.09 Å². The van der Waals surface area contributed by atoms with Gasteiger partial charge in [-0.2, -0.15) is 5.26 Å². The maximum absolute atomic E-state index is 14.0. The number of carbonyl (C=O) groups is 1. The van der Waals surface area contributed by atoms with E-state index in [1.54, 1.807) is 32.9 Å². The van der Waals surface area contributed by atoms with Crippen molar-refractivity contribution in [3.8, 4) is 17.3 Å². The fourth-order valence-electron chi connectivity index (χ4n) is 3.13. The van der Waals surface area contributed by atoms with Gasteiger partial charge in [-0.3, -0.25) is 0 Å². The molecule has 3 aromatic rings. The second kappa shape index (κ2) is 9.43. The molecular formula is C25H25F2N5O2. The zero-order valence-electron chi connectivity index (χ0n) is 19.5. The van der Waals surface area contributed by atoms with Gasteiger partial charge in [0.05, 0.1) is 28.7 Å². The van der Waals surface area contributed by atoms with Crippen molar-refractivity contribution < 1.29 is 18.3 Å². The van der Waals surface area contributed by atoms with E-state index in [1.165, 1.54) is 12.3 Å². The molecule has 2 aromatic carbocycles. The topological polar surface area (TPSA) is 99.9 Å². The molecule has 1 aromatic heterocycles. The van der Waals surface area contributed by atoms with Crippen molar-refractivity contribution in [3.05, 3.63) is 71.4 Å². The third-order valence-corrected chi connectivity index (χ3v) is 4.78. The van der Waals surface area contributed by atoms with E-state index >= 15 is 0 Å². The third kappa shape index (κ3) is 6.04. The van der Waals surface area contributed by atoms with Gasteiger partial charge in [0.15, 0.2) is 0 Å². The molecule has 2 N–H and O–H groups in total. The second-order valence-corrected chi connectivity index (χ2v) is 9.15. The van der Waals surface area contributed by atoms with Gasteiger partial charge < -0.3 is 15.4 Å². The predicted molar refractivity (Wildman–Crippen MR) is 124 cm³/mol. The molecule has 0 bridgehead atoms. The van der Waals surface area contributed by atoms with E-state index in [-0.39, 0.29) is 17.2 Å². The van der Waals surface area contributed by atoms with Crippen LogP contribution in [0.4, 0.5) is 25.2 Å². The van der Waals surface area contributed by atoms with Crippen LogP contribution in [0.25, 0.3) is 11.3 Å². The monoisotopic (exact) mass is 465 g/mol. The number of anilines is 2. The highest BCUT2D eigenvalue weighted by Gasteiger charge is 2.26. The van der Waals surface area contributed by atoms with E-state index in [9.17, 15) is 18.8 Å². The van der Waals surface area contributed by atoms with E-state index < -0.39 is 28.9 Å². The number of nitriles is 1. The van der Waals surface area contributed by atoms with E-state index in [0.717, 1.165) is 17.7 Å². The first-order chi connectivity index (χ1) is 15.9. The van der Waals surface area contributed by atoms with Crippen LogP contribution in [0.1, 0.15) is 45.7 Å². The second-order valence-electron chi connectivity index (χ2n) is 9.15. The van der Waals surface area contributed by atoms with Gasteiger partial charge in [-0.15, -0.1) is 0 Å². The first kappa shape index (κ1) is 24.6. The number of nitrogens with one attached hydrogen (secondary N) is 2. The number of carbonyl (C=O) groups excluding carboxylic acids is 1. The highest BCUT2D eigenvalue weighted by Crippen LogP contribution is 2.28. The average molecular weight is 466 g/mol. The molecule has 0 saturated carbocycles. The molecule has 9 heteroatoms. The highest BCUT2D eigenvalue weighted by atomic mass is 19.1. The molecule has 0 atom stereocenters. The lowest BCUT2D eigenvalue weighted by molar-refractivity contribution is 0.0470. The highest BCUT2D eigenvalue weighted by molar-refractivity contribution is 5.70. The van der Waals surface area contributed by atoms with Crippen molar-refractivity contribution in [3.63, 3.8) is 0 Å². The van der Waals surface area contributed by atoms with Crippen LogP contribution in [0.15, 0.2) is 48.7 Å². The Balaban J connectivity index is 1.86. The number of hydrogen-bond acceptors (Lipinski definition) is 6. The van der Waals surface area contributed by atoms with Gasteiger partial charge in [0.2, 0.25) is 5.95 Å². The molecule has 0 aliphatic rings. The van der Waals surface area contributed by atoms with Crippen molar-refractivity contribution in [2.45, 2.75) is 45.8 Å². The fraction of sp³-hybridized carbons (Fsp3) is 0.280. The summed E-state index contributed by atoms with van der Waals surface area (Å²) in [6.07, 6.45) is 0.793. The van der Waals surface area contributed by atoms with E-state index in [4.69, 9.17) is 4.74 Å². The zero-order chi connectivity index (χ0) is 25.1. The number of halogens is 2. The number of alkyl carbamates (subject to hydrolysis) is 1. The summed E-state index contributed by atoms with van der Waals surface area (Å²) in [4.78, 5) is 20.6. The maximum Gasteiger partial charge on any atom is 0.408 e. The minimum atomic E-state index is -0.793. The molecule has 1 heterocycles. The van der Waals surface area contributed by atoms with E-state index in [0.29, 0.717) is 11.3 Å². The summed E-state index contributed by atoms with van der Waals surface area (Å²) in [6, 6.07) is 12.3. The standard InChI is InChI=1S/C25H25F2N5O2/c1-24(2,3)34-23(33)32-25(4,5)17-8-6-15(7-9-17)21-16(13-28)14-29-22(31-21)30-20-11-10-18(26)12-19(20)27/h6-12,14H,1-5H3,(H,32,33)(H,29,30,31). The van der Waals surface area contributed by atoms with Gasteiger partial charge in [0.1, 0.15) is 23.3 Å². The molecule has 1 amide bonds. The smallest absolute Gasteiger partial charge is 0.408 e. The Kier molecular flexibility index (Phi) is 6.82.